The number of ether oxygens (including phenoxy) is 1. The van der Waals surface area contributed by atoms with Gasteiger partial charge in [0.1, 0.15) is 13.2 Å². The lowest BCUT2D eigenvalue weighted by atomic mass is 10.6. The largest absolute Gasteiger partial charge is 0.412 e. The van der Waals surface area contributed by atoms with Gasteiger partial charge in [-0.2, -0.15) is 13.2 Å². The van der Waals surface area contributed by atoms with E-state index in [-0.39, 0.29) is 17.3 Å². The number of rotatable bonds is 3. The van der Waals surface area contributed by atoms with Crippen LogP contribution in [0, 0.1) is 4.84 Å². The van der Waals surface area contributed by atoms with Crippen LogP contribution in [0.25, 0.3) is 0 Å². The molecule has 0 saturated carbocycles. The molecule has 1 N–H and O–H groups in total. The van der Waals surface area contributed by atoms with Gasteiger partial charge in [-0.05, 0) is 12.2 Å². The summed E-state index contributed by atoms with van der Waals surface area (Å²) in [7, 11) is 0. The molecule has 1 rings (SSSR count). The lowest BCUT2D eigenvalue weighted by Crippen LogP contribution is -2.16. The van der Waals surface area contributed by atoms with Gasteiger partial charge in [-0.1, -0.05) is 0 Å². The Kier molecular flexibility index (Phi) is 3.04. The minimum absolute atomic E-state index is 0.00519. The lowest BCUT2D eigenvalue weighted by molar-refractivity contribution is -0.177. The summed E-state index contributed by atoms with van der Waals surface area (Å²) in [5, 5.41) is 5.70. The number of hydrogen-bond donors (Lipinski definition) is 1. The van der Waals surface area contributed by atoms with Crippen LogP contribution in [0.5, 0.6) is 0 Å². The Balaban J connectivity index is 2.32. The summed E-state index contributed by atoms with van der Waals surface area (Å²) in [4.78, 5) is 0.00519. The van der Waals surface area contributed by atoms with Gasteiger partial charge < -0.3 is 9.15 Å². The van der Waals surface area contributed by atoms with Gasteiger partial charge in [0.15, 0.2) is 0 Å². The third-order valence-electron chi connectivity index (χ3n) is 0.974. The molecule has 0 atom stereocenters. The third-order valence-corrected chi connectivity index (χ3v) is 1.15. The van der Waals surface area contributed by atoms with Gasteiger partial charge in [0.05, 0.1) is 0 Å². The number of nitrogens with zero attached hydrogens (tertiary/aromatic N) is 1. The van der Waals surface area contributed by atoms with E-state index in [0.29, 0.717) is 0 Å². The fourth-order valence-corrected chi connectivity index (χ4v) is 0.718. The summed E-state index contributed by atoms with van der Waals surface area (Å²) >= 11 is 4.49. The van der Waals surface area contributed by atoms with Crippen LogP contribution in [0.2, 0.25) is 0 Å². The highest BCUT2D eigenvalue weighted by molar-refractivity contribution is 7.71. The molecule has 0 fully saturated rings. The van der Waals surface area contributed by atoms with E-state index in [1.807, 2.05) is 0 Å². The van der Waals surface area contributed by atoms with Crippen molar-refractivity contribution in [3.05, 3.63) is 10.7 Å². The van der Waals surface area contributed by atoms with Gasteiger partial charge in [-0.3, -0.25) is 0 Å². The first-order valence-electron chi connectivity index (χ1n) is 3.16. The van der Waals surface area contributed by atoms with Crippen LogP contribution in [0.1, 0.15) is 5.89 Å². The Morgan fingerprint density at radius 3 is 2.69 bits per heavy atom. The molecule has 0 aliphatic carbocycles. The van der Waals surface area contributed by atoms with Crippen molar-refractivity contribution in [2.75, 3.05) is 6.61 Å². The Hall–Kier alpha value is -0.890. The number of aromatic amines is 1. The summed E-state index contributed by atoms with van der Waals surface area (Å²) < 4.78 is 43.6. The molecule has 8 heteroatoms. The monoisotopic (exact) mass is 214 g/mol. The normalized spacial score (nSPS) is 11.9. The highest BCUT2D eigenvalue weighted by Crippen LogP contribution is 2.15. The van der Waals surface area contributed by atoms with E-state index in [9.17, 15) is 13.2 Å². The zero-order chi connectivity index (χ0) is 9.90. The average molecular weight is 214 g/mol. The highest BCUT2D eigenvalue weighted by Gasteiger charge is 2.27. The maximum atomic E-state index is 11.6. The molecule has 1 aromatic rings. The molecule has 0 aliphatic rings. The third kappa shape index (κ3) is 4.04. The molecule has 0 unspecified atom stereocenters. The average Bonchev–Trinajstić information content (AvgIpc) is 2.33. The van der Waals surface area contributed by atoms with Crippen LogP contribution < -0.4 is 0 Å². The van der Waals surface area contributed by atoms with E-state index in [1.54, 1.807) is 0 Å². The SMILES string of the molecule is FC(F)(F)COCc1n[nH]c(=S)o1. The van der Waals surface area contributed by atoms with Gasteiger partial charge in [-0.25, -0.2) is 5.10 Å². The van der Waals surface area contributed by atoms with Crippen LogP contribution in [0.15, 0.2) is 4.42 Å². The molecule has 4 nitrogen and oxygen atoms in total. The zero-order valence-electron chi connectivity index (χ0n) is 6.22. The van der Waals surface area contributed by atoms with Gasteiger partial charge >= 0.3 is 6.18 Å². The van der Waals surface area contributed by atoms with E-state index in [2.05, 4.69) is 31.6 Å². The van der Waals surface area contributed by atoms with Crippen molar-refractivity contribution in [3.8, 4) is 0 Å². The second-order valence-corrected chi connectivity index (χ2v) is 2.49. The fraction of sp³-hybridized carbons (Fsp3) is 0.600. The molecule has 0 amide bonds. The van der Waals surface area contributed by atoms with Gasteiger partial charge in [-0.15, -0.1) is 5.10 Å². The number of hydrogen-bond acceptors (Lipinski definition) is 4. The van der Waals surface area contributed by atoms with Crippen LogP contribution in [-0.2, 0) is 11.3 Å². The summed E-state index contributed by atoms with van der Waals surface area (Å²) in [5.41, 5.74) is 0. The number of halogens is 3. The molecular weight excluding hydrogens is 209 g/mol. The summed E-state index contributed by atoms with van der Waals surface area (Å²) in [6, 6.07) is 0. The molecule has 74 valence electrons. The van der Waals surface area contributed by atoms with Crippen LogP contribution >= 0.6 is 12.2 Å². The van der Waals surface area contributed by atoms with Crippen molar-refractivity contribution < 1.29 is 22.3 Å². The number of alkyl halides is 3. The van der Waals surface area contributed by atoms with E-state index >= 15 is 0 Å². The minimum Gasteiger partial charge on any atom is -0.412 e. The van der Waals surface area contributed by atoms with Crippen LogP contribution in [0.3, 0.4) is 0 Å². The van der Waals surface area contributed by atoms with Crippen molar-refractivity contribution in [3.63, 3.8) is 0 Å². The summed E-state index contributed by atoms with van der Waals surface area (Å²) in [5.74, 6) is -0.00532. The zero-order valence-corrected chi connectivity index (χ0v) is 7.04. The van der Waals surface area contributed by atoms with Crippen LogP contribution in [-0.4, -0.2) is 23.0 Å². The van der Waals surface area contributed by atoms with E-state index in [1.165, 1.54) is 0 Å². The van der Waals surface area contributed by atoms with Gasteiger partial charge in [0.25, 0.3) is 4.84 Å². The predicted octanol–water partition coefficient (Wildman–Crippen LogP) is 1.81. The highest BCUT2D eigenvalue weighted by atomic mass is 32.1. The fourth-order valence-electron chi connectivity index (χ4n) is 0.576. The molecule has 0 spiro atoms. The van der Waals surface area contributed by atoms with Crippen molar-refractivity contribution in [1.82, 2.24) is 10.2 Å². The molecule has 1 aromatic heterocycles. The molecular formula is C5H5F3N2O2S. The van der Waals surface area contributed by atoms with Gasteiger partial charge in [0.2, 0.25) is 5.89 Å². The summed E-state index contributed by atoms with van der Waals surface area (Å²) in [6.45, 7) is -1.69. The molecule has 1 heterocycles. The number of nitrogens with one attached hydrogen (secondary N) is 1. The second-order valence-electron chi connectivity index (χ2n) is 2.11. The maximum absolute atomic E-state index is 11.6. The Bertz CT molecular complexity index is 318. The smallest absolute Gasteiger partial charge is 0.411 e. The number of aromatic nitrogens is 2. The Morgan fingerprint density at radius 2 is 2.23 bits per heavy atom. The van der Waals surface area contributed by atoms with E-state index in [4.69, 9.17) is 0 Å². The standard InChI is InChI=1S/C5H5F3N2O2S/c6-5(7,8)2-11-1-3-9-10-4(13)12-3/h1-2H2,(H,10,13). The first kappa shape index (κ1) is 10.2. The molecule has 0 aromatic carbocycles. The minimum atomic E-state index is -4.34. The molecule has 0 bridgehead atoms. The molecule has 0 radical (unpaired) electrons. The van der Waals surface area contributed by atoms with Crippen LogP contribution in [0.4, 0.5) is 13.2 Å². The second kappa shape index (κ2) is 3.88. The van der Waals surface area contributed by atoms with Crippen molar-refractivity contribution >= 4 is 12.2 Å². The summed E-state index contributed by atoms with van der Waals surface area (Å²) in [6.07, 6.45) is -4.34. The Morgan fingerprint density at radius 1 is 1.54 bits per heavy atom. The van der Waals surface area contributed by atoms with Crippen molar-refractivity contribution in [2.45, 2.75) is 12.8 Å². The predicted molar refractivity (Wildman–Crippen MR) is 37.4 cm³/mol. The van der Waals surface area contributed by atoms with Gasteiger partial charge in [0, 0.05) is 0 Å². The maximum Gasteiger partial charge on any atom is 0.411 e. The lowest BCUT2D eigenvalue weighted by Gasteiger charge is -2.04. The Labute approximate surface area is 75.7 Å². The quantitative estimate of drug-likeness (QED) is 0.779. The van der Waals surface area contributed by atoms with Crippen molar-refractivity contribution in [2.24, 2.45) is 0 Å². The first-order chi connectivity index (χ1) is 5.97. The van der Waals surface area contributed by atoms with E-state index < -0.39 is 12.8 Å². The molecule has 0 aliphatic heterocycles. The first-order valence-corrected chi connectivity index (χ1v) is 3.57. The molecule has 0 saturated heterocycles. The van der Waals surface area contributed by atoms with E-state index in [0.717, 1.165) is 0 Å². The van der Waals surface area contributed by atoms with Crippen molar-refractivity contribution in [1.29, 1.82) is 0 Å². The topological polar surface area (TPSA) is 51.0 Å². The number of H-pyrrole nitrogens is 1. The molecule has 13 heavy (non-hydrogen) atoms.